The van der Waals surface area contributed by atoms with Gasteiger partial charge in [0.2, 0.25) is 0 Å². The highest BCUT2D eigenvalue weighted by Gasteiger charge is 2.44. The number of hydrogen-bond acceptors (Lipinski definition) is 4. The lowest BCUT2D eigenvalue weighted by Crippen LogP contribution is -2.61. The zero-order valence-electron chi connectivity index (χ0n) is 15.6. The molecule has 5 heteroatoms. The summed E-state index contributed by atoms with van der Waals surface area (Å²) in [6, 6.07) is 0. The molecule has 1 aliphatic rings. The number of ether oxygens (including phenoxy) is 1. The Morgan fingerprint density at radius 3 is 2.23 bits per heavy atom. The fourth-order valence-corrected chi connectivity index (χ4v) is 6.41. The first-order valence-corrected chi connectivity index (χ1v) is 11.8. The lowest BCUT2D eigenvalue weighted by atomic mass is 10.1. The molecular formula is C17H36N2O2Si. The molecule has 1 fully saturated rings. The van der Waals surface area contributed by atoms with E-state index in [2.05, 4.69) is 43.3 Å². The third-order valence-corrected chi connectivity index (χ3v) is 11.2. The molecule has 0 saturated carbocycles. The fraction of sp³-hybridized carbons (Fsp3) is 0.941. The molecule has 0 unspecified atom stereocenters. The van der Waals surface area contributed by atoms with Crippen LogP contribution in [0.2, 0.25) is 18.1 Å². The highest BCUT2D eigenvalue weighted by Crippen LogP contribution is 2.43. The van der Waals surface area contributed by atoms with Crippen molar-refractivity contribution in [3.63, 3.8) is 0 Å². The van der Waals surface area contributed by atoms with Gasteiger partial charge in [-0.3, -0.25) is 4.79 Å². The van der Waals surface area contributed by atoms with E-state index < -0.39 is 8.24 Å². The van der Waals surface area contributed by atoms with Gasteiger partial charge in [0, 0.05) is 32.7 Å². The predicted molar refractivity (Wildman–Crippen MR) is 95.7 cm³/mol. The Hall–Kier alpha value is -0.393. The summed E-state index contributed by atoms with van der Waals surface area (Å²) >= 11 is 0. The van der Waals surface area contributed by atoms with Crippen LogP contribution in [0, 0.1) is 0 Å². The van der Waals surface area contributed by atoms with Gasteiger partial charge in [0.25, 0.3) is 0 Å². The molecule has 130 valence electrons. The van der Waals surface area contributed by atoms with E-state index in [1.165, 1.54) is 12.8 Å². The molecule has 0 spiro atoms. The standard InChI is InChI=1S/C17H36N2O2Si/c1-7-10-17(3,4)22(5,6)19-14-12-18(13-15-19)11-9-16(20)21-8-2/h7-15H2,1-6H3. The van der Waals surface area contributed by atoms with Crippen molar-refractivity contribution in [2.45, 2.75) is 65.1 Å². The summed E-state index contributed by atoms with van der Waals surface area (Å²) in [6.07, 6.45) is 3.11. The zero-order chi connectivity index (χ0) is 16.8. The third-order valence-electron chi connectivity index (χ3n) is 5.63. The van der Waals surface area contributed by atoms with Crippen LogP contribution in [0.4, 0.5) is 0 Å². The smallest absolute Gasteiger partial charge is 0.307 e. The van der Waals surface area contributed by atoms with Gasteiger partial charge in [0.15, 0.2) is 0 Å². The van der Waals surface area contributed by atoms with E-state index in [0.29, 0.717) is 18.1 Å². The van der Waals surface area contributed by atoms with Crippen molar-refractivity contribution >= 4 is 14.2 Å². The van der Waals surface area contributed by atoms with Crippen molar-refractivity contribution in [1.29, 1.82) is 0 Å². The first kappa shape index (κ1) is 19.7. The van der Waals surface area contributed by atoms with Crippen molar-refractivity contribution in [3.8, 4) is 0 Å². The van der Waals surface area contributed by atoms with Crippen molar-refractivity contribution < 1.29 is 9.53 Å². The number of piperazine rings is 1. The molecule has 1 aliphatic heterocycles. The van der Waals surface area contributed by atoms with Crippen LogP contribution in [0.5, 0.6) is 0 Å². The maximum Gasteiger partial charge on any atom is 0.307 e. The van der Waals surface area contributed by atoms with Crippen LogP contribution in [0.15, 0.2) is 0 Å². The summed E-state index contributed by atoms with van der Waals surface area (Å²) in [5.41, 5.74) is 0. The second-order valence-electron chi connectivity index (χ2n) is 7.58. The van der Waals surface area contributed by atoms with E-state index >= 15 is 0 Å². The van der Waals surface area contributed by atoms with Gasteiger partial charge in [-0.2, -0.15) is 0 Å². The van der Waals surface area contributed by atoms with Crippen LogP contribution >= 0.6 is 0 Å². The number of nitrogens with zero attached hydrogens (tertiary/aromatic N) is 2. The Labute approximate surface area is 138 Å². The van der Waals surface area contributed by atoms with Gasteiger partial charge in [-0.1, -0.05) is 40.3 Å². The monoisotopic (exact) mass is 328 g/mol. The number of rotatable bonds is 8. The second-order valence-corrected chi connectivity index (χ2v) is 12.7. The van der Waals surface area contributed by atoms with Gasteiger partial charge < -0.3 is 14.2 Å². The van der Waals surface area contributed by atoms with Gasteiger partial charge >= 0.3 is 5.97 Å². The van der Waals surface area contributed by atoms with Crippen molar-refractivity contribution in [2.24, 2.45) is 0 Å². The van der Waals surface area contributed by atoms with Gasteiger partial charge in [0.1, 0.15) is 8.24 Å². The Morgan fingerprint density at radius 1 is 1.14 bits per heavy atom. The van der Waals surface area contributed by atoms with E-state index in [0.717, 1.165) is 32.7 Å². The summed E-state index contributed by atoms with van der Waals surface area (Å²) in [5, 5.41) is 0.453. The highest BCUT2D eigenvalue weighted by molar-refractivity contribution is 6.77. The van der Waals surface area contributed by atoms with Gasteiger partial charge in [-0.15, -0.1) is 0 Å². The largest absolute Gasteiger partial charge is 0.466 e. The SMILES string of the molecule is CCCC(C)(C)[Si](C)(C)N1CCN(CCC(=O)OCC)CC1. The predicted octanol–water partition coefficient (Wildman–Crippen LogP) is 3.34. The number of carbonyl (C=O) groups is 1. The van der Waals surface area contributed by atoms with Crippen molar-refractivity contribution in [3.05, 3.63) is 0 Å². The summed E-state index contributed by atoms with van der Waals surface area (Å²) in [5.74, 6) is -0.0660. The molecule has 22 heavy (non-hydrogen) atoms. The van der Waals surface area contributed by atoms with E-state index in [9.17, 15) is 4.79 Å². The maximum atomic E-state index is 11.5. The van der Waals surface area contributed by atoms with Crippen LogP contribution in [0.25, 0.3) is 0 Å². The van der Waals surface area contributed by atoms with Crippen molar-refractivity contribution in [1.82, 2.24) is 9.47 Å². The minimum Gasteiger partial charge on any atom is -0.466 e. The summed E-state index contributed by atoms with van der Waals surface area (Å²) < 4.78 is 7.78. The molecule has 4 nitrogen and oxygen atoms in total. The zero-order valence-corrected chi connectivity index (χ0v) is 16.6. The maximum absolute atomic E-state index is 11.5. The Kier molecular flexibility index (Phi) is 7.55. The molecule has 0 amide bonds. The van der Waals surface area contributed by atoms with Gasteiger partial charge in [0.05, 0.1) is 13.0 Å². The molecule has 1 saturated heterocycles. The second kappa shape index (κ2) is 8.46. The van der Waals surface area contributed by atoms with Crippen molar-refractivity contribution in [2.75, 3.05) is 39.3 Å². The van der Waals surface area contributed by atoms with E-state index in [1.54, 1.807) is 0 Å². The molecule has 0 bridgehead atoms. The number of hydrogen-bond donors (Lipinski definition) is 0. The molecule has 0 radical (unpaired) electrons. The molecule has 0 aromatic carbocycles. The Bertz CT molecular complexity index is 351. The topological polar surface area (TPSA) is 32.8 Å². The van der Waals surface area contributed by atoms with E-state index in [4.69, 9.17) is 4.74 Å². The molecule has 1 rings (SSSR count). The fourth-order valence-electron chi connectivity index (χ4n) is 3.37. The minimum atomic E-state index is -1.42. The normalized spacial score (nSPS) is 18.5. The first-order valence-electron chi connectivity index (χ1n) is 8.87. The first-order chi connectivity index (χ1) is 10.2. The molecular weight excluding hydrogens is 292 g/mol. The summed E-state index contributed by atoms with van der Waals surface area (Å²) in [4.78, 5) is 13.9. The highest BCUT2D eigenvalue weighted by atomic mass is 28.3. The molecule has 0 aromatic heterocycles. The average molecular weight is 329 g/mol. The van der Waals surface area contributed by atoms with E-state index in [-0.39, 0.29) is 5.97 Å². The lowest BCUT2D eigenvalue weighted by Gasteiger charge is -2.50. The Morgan fingerprint density at radius 2 is 1.73 bits per heavy atom. The average Bonchev–Trinajstić information content (AvgIpc) is 2.45. The van der Waals surface area contributed by atoms with Crippen LogP contribution in [-0.4, -0.2) is 63.0 Å². The number of esters is 1. The summed E-state index contributed by atoms with van der Waals surface area (Å²) in [7, 11) is -1.42. The molecule has 0 N–H and O–H groups in total. The molecule has 1 heterocycles. The third kappa shape index (κ3) is 5.07. The molecule has 0 aliphatic carbocycles. The van der Waals surface area contributed by atoms with E-state index in [1.807, 2.05) is 6.92 Å². The summed E-state index contributed by atoms with van der Waals surface area (Å²) in [6.45, 7) is 19.9. The minimum absolute atomic E-state index is 0.0660. The van der Waals surface area contributed by atoms with Crippen LogP contribution in [0.1, 0.15) is 47.0 Å². The van der Waals surface area contributed by atoms with Crippen LogP contribution in [0.3, 0.4) is 0 Å². The lowest BCUT2D eigenvalue weighted by molar-refractivity contribution is -0.143. The van der Waals surface area contributed by atoms with Gasteiger partial charge in [-0.25, -0.2) is 0 Å². The molecule has 0 aromatic rings. The molecule has 0 atom stereocenters. The van der Waals surface area contributed by atoms with Crippen LogP contribution < -0.4 is 0 Å². The Balaban J connectivity index is 2.46. The van der Waals surface area contributed by atoms with Gasteiger partial charge in [-0.05, 0) is 18.4 Å². The number of carbonyl (C=O) groups excluding carboxylic acids is 1. The van der Waals surface area contributed by atoms with Crippen LogP contribution in [-0.2, 0) is 9.53 Å². The quantitative estimate of drug-likeness (QED) is 0.505.